The van der Waals surface area contributed by atoms with Gasteiger partial charge in [-0.3, -0.25) is 20.2 Å². The van der Waals surface area contributed by atoms with Gasteiger partial charge in [-0.25, -0.2) is 4.98 Å². The second-order valence-corrected chi connectivity index (χ2v) is 11.4. The van der Waals surface area contributed by atoms with Crippen molar-refractivity contribution in [1.82, 2.24) is 4.98 Å². The summed E-state index contributed by atoms with van der Waals surface area (Å²) in [5.41, 5.74) is 3.95. The fraction of sp³-hybridized carbons (Fsp3) is 0.167. The minimum absolute atomic E-state index is 0.0379. The Morgan fingerprint density at radius 3 is 2.36 bits per heavy atom. The summed E-state index contributed by atoms with van der Waals surface area (Å²) < 4.78 is 0.943. The van der Waals surface area contributed by atoms with Crippen molar-refractivity contribution < 1.29 is 9.72 Å². The molecule has 0 spiro atoms. The Labute approximate surface area is 207 Å². The van der Waals surface area contributed by atoms with E-state index in [-0.39, 0.29) is 15.3 Å². The Morgan fingerprint density at radius 1 is 1.03 bits per heavy atom. The number of rotatable bonds is 5. The highest BCUT2D eigenvalue weighted by atomic mass is 79.9. The molecule has 2 aromatic carbocycles. The van der Waals surface area contributed by atoms with Gasteiger partial charge in [0.05, 0.1) is 20.4 Å². The summed E-state index contributed by atoms with van der Waals surface area (Å²) in [6, 6.07) is 19.0. The molecule has 2 heterocycles. The number of thiazole rings is 1. The summed E-state index contributed by atoms with van der Waals surface area (Å²) in [6.07, 6.45) is 0. The second kappa shape index (κ2) is 9.17. The Morgan fingerprint density at radius 2 is 1.76 bits per heavy atom. The quantitative estimate of drug-likeness (QED) is 0.206. The lowest BCUT2D eigenvalue weighted by atomic mass is 9.86. The average Bonchev–Trinajstić information content (AvgIpc) is 3.41. The zero-order valence-corrected chi connectivity index (χ0v) is 21.3. The van der Waals surface area contributed by atoms with Gasteiger partial charge in [-0.05, 0) is 34.7 Å². The van der Waals surface area contributed by atoms with E-state index in [4.69, 9.17) is 4.98 Å². The lowest BCUT2D eigenvalue weighted by Crippen LogP contribution is -2.10. The number of nitro groups is 1. The average molecular weight is 542 g/mol. The third kappa shape index (κ3) is 5.21. The highest BCUT2D eigenvalue weighted by Crippen LogP contribution is 2.40. The zero-order chi connectivity index (χ0) is 23.8. The van der Waals surface area contributed by atoms with Crippen LogP contribution in [0.4, 0.5) is 10.1 Å². The zero-order valence-electron chi connectivity index (χ0n) is 18.1. The minimum Gasteiger partial charge on any atom is -0.297 e. The molecule has 0 aliphatic heterocycles. The Kier molecular flexibility index (Phi) is 6.47. The van der Waals surface area contributed by atoms with Crippen molar-refractivity contribution >= 4 is 54.6 Å². The van der Waals surface area contributed by atoms with Gasteiger partial charge in [0, 0.05) is 16.1 Å². The number of hydrogen-bond donors (Lipinski definition) is 1. The van der Waals surface area contributed by atoms with Crippen LogP contribution in [0, 0.1) is 10.1 Å². The number of halogens is 1. The molecule has 1 N–H and O–H groups in total. The summed E-state index contributed by atoms with van der Waals surface area (Å²) in [6.45, 7) is 6.50. The lowest BCUT2D eigenvalue weighted by Gasteiger charge is -2.19. The van der Waals surface area contributed by atoms with E-state index in [0.29, 0.717) is 5.13 Å². The van der Waals surface area contributed by atoms with Crippen molar-refractivity contribution in [2.75, 3.05) is 5.32 Å². The minimum atomic E-state index is -0.504. The van der Waals surface area contributed by atoms with Crippen molar-refractivity contribution in [2.24, 2.45) is 0 Å². The number of amides is 1. The molecule has 1 amide bonds. The first-order valence-corrected chi connectivity index (χ1v) is 12.5. The first-order valence-electron chi connectivity index (χ1n) is 10.0. The molecule has 9 heteroatoms. The van der Waals surface area contributed by atoms with Gasteiger partial charge in [0.2, 0.25) is 0 Å². The molecule has 168 valence electrons. The number of hydrogen-bond acceptors (Lipinski definition) is 6. The summed E-state index contributed by atoms with van der Waals surface area (Å²) >= 11 is 5.73. The molecule has 0 aliphatic carbocycles. The number of nitrogens with zero attached hydrogens (tertiary/aromatic N) is 2. The van der Waals surface area contributed by atoms with E-state index in [1.165, 1.54) is 29.0 Å². The molecule has 0 unspecified atom stereocenters. The second-order valence-electron chi connectivity index (χ2n) is 8.38. The van der Waals surface area contributed by atoms with Crippen LogP contribution in [-0.4, -0.2) is 15.8 Å². The van der Waals surface area contributed by atoms with Crippen LogP contribution in [0.25, 0.3) is 21.7 Å². The molecule has 33 heavy (non-hydrogen) atoms. The van der Waals surface area contributed by atoms with Gasteiger partial charge in [0.15, 0.2) is 5.13 Å². The van der Waals surface area contributed by atoms with E-state index in [2.05, 4.69) is 54.2 Å². The predicted molar refractivity (Wildman–Crippen MR) is 138 cm³/mol. The maximum absolute atomic E-state index is 12.7. The first kappa shape index (κ1) is 23.3. The Balaban J connectivity index is 1.72. The Hall–Kier alpha value is -2.88. The van der Waals surface area contributed by atoms with Crippen molar-refractivity contribution in [3.8, 4) is 21.7 Å². The van der Waals surface area contributed by atoms with Crippen LogP contribution in [0.5, 0.6) is 0 Å². The molecule has 2 aromatic heterocycles. The van der Waals surface area contributed by atoms with E-state index >= 15 is 0 Å². The molecule has 4 rings (SSSR count). The number of benzene rings is 2. The van der Waals surface area contributed by atoms with Crippen molar-refractivity contribution in [2.45, 2.75) is 26.2 Å². The van der Waals surface area contributed by atoms with E-state index in [1.807, 2.05) is 36.4 Å². The van der Waals surface area contributed by atoms with Crippen LogP contribution in [-0.2, 0) is 5.41 Å². The van der Waals surface area contributed by atoms with Crippen molar-refractivity contribution in [1.29, 1.82) is 0 Å². The summed E-state index contributed by atoms with van der Waals surface area (Å²) in [4.78, 5) is 29.0. The molecule has 0 atom stereocenters. The number of carbonyl (C=O) groups is 1. The number of carbonyl (C=O) groups excluding carboxylic acids is 1. The Bertz CT molecular complexity index is 1340. The highest BCUT2D eigenvalue weighted by molar-refractivity contribution is 9.10. The molecule has 0 aliphatic rings. The van der Waals surface area contributed by atoms with E-state index in [0.717, 1.165) is 37.5 Å². The van der Waals surface area contributed by atoms with Crippen molar-refractivity contribution in [3.63, 3.8) is 0 Å². The molecule has 0 radical (unpaired) electrons. The fourth-order valence-corrected chi connectivity index (χ4v) is 5.32. The van der Waals surface area contributed by atoms with Crippen molar-refractivity contribution in [3.05, 3.63) is 85.7 Å². The van der Waals surface area contributed by atoms with Gasteiger partial charge in [0.1, 0.15) is 0 Å². The SMILES string of the molecule is CC(C)(C)c1ccc(-c2nc(NC(=O)c3ccc([N+](=O)[O-])s3)sc2-c2cccc(Br)c2)cc1. The molecule has 0 fully saturated rings. The normalized spacial score (nSPS) is 11.4. The number of aromatic nitrogens is 1. The van der Waals surface area contributed by atoms with Crippen LogP contribution in [0.3, 0.4) is 0 Å². The summed E-state index contributed by atoms with van der Waals surface area (Å²) in [5, 5.41) is 14.1. The van der Waals surface area contributed by atoms with Crippen LogP contribution in [0.15, 0.2) is 65.1 Å². The summed E-state index contributed by atoms with van der Waals surface area (Å²) in [7, 11) is 0. The molecule has 0 saturated heterocycles. The molecule has 4 aromatic rings. The van der Waals surface area contributed by atoms with E-state index in [1.54, 1.807) is 0 Å². The van der Waals surface area contributed by atoms with Gasteiger partial charge < -0.3 is 0 Å². The smallest absolute Gasteiger partial charge is 0.297 e. The van der Waals surface area contributed by atoms with Crippen LogP contribution in [0.1, 0.15) is 36.0 Å². The van der Waals surface area contributed by atoms with Gasteiger partial charge in [-0.1, -0.05) is 95.8 Å². The van der Waals surface area contributed by atoms with Gasteiger partial charge in [0.25, 0.3) is 5.91 Å². The highest BCUT2D eigenvalue weighted by Gasteiger charge is 2.20. The number of anilines is 1. The predicted octanol–water partition coefficient (Wildman–Crippen LogP) is 7.76. The van der Waals surface area contributed by atoms with Gasteiger partial charge in [-0.15, -0.1) is 0 Å². The molecular weight excluding hydrogens is 522 g/mol. The lowest BCUT2D eigenvalue weighted by molar-refractivity contribution is -0.380. The maximum atomic E-state index is 12.7. The third-order valence-corrected chi connectivity index (χ3v) is 7.50. The molecular formula is C24H20BrN3O3S2. The fourth-order valence-electron chi connectivity index (χ4n) is 3.23. The van der Waals surface area contributed by atoms with Crippen LogP contribution in [0.2, 0.25) is 0 Å². The largest absolute Gasteiger partial charge is 0.324 e. The van der Waals surface area contributed by atoms with Gasteiger partial charge in [-0.2, -0.15) is 0 Å². The van der Waals surface area contributed by atoms with E-state index in [9.17, 15) is 14.9 Å². The van der Waals surface area contributed by atoms with Crippen LogP contribution >= 0.6 is 38.6 Å². The molecule has 6 nitrogen and oxygen atoms in total. The van der Waals surface area contributed by atoms with Crippen LogP contribution < -0.4 is 5.32 Å². The third-order valence-electron chi connectivity index (χ3n) is 4.95. The summed E-state index contributed by atoms with van der Waals surface area (Å²) in [5.74, 6) is -0.419. The van der Waals surface area contributed by atoms with E-state index < -0.39 is 10.8 Å². The maximum Gasteiger partial charge on any atom is 0.324 e. The topological polar surface area (TPSA) is 85.1 Å². The van der Waals surface area contributed by atoms with Gasteiger partial charge >= 0.3 is 5.00 Å². The standard InChI is InChI=1S/C24H20BrN3O3S2/c1-24(2,3)16-9-7-14(8-10-16)20-21(15-5-4-6-17(25)13-15)33-23(26-20)27-22(29)18-11-12-19(32-18)28(30)31/h4-13H,1-3H3,(H,26,27,29). The molecule has 0 bridgehead atoms. The molecule has 0 saturated carbocycles. The monoisotopic (exact) mass is 541 g/mol. The number of nitrogens with one attached hydrogen (secondary N) is 1. The first-order chi connectivity index (χ1) is 15.6. The number of thiophene rings is 1.